The van der Waals surface area contributed by atoms with Gasteiger partial charge in [-0.1, -0.05) is 139 Å². The molecule has 0 bridgehead atoms. The van der Waals surface area contributed by atoms with Gasteiger partial charge in [0.15, 0.2) is 17.5 Å². The summed E-state index contributed by atoms with van der Waals surface area (Å²) in [6.45, 7) is 2.11. The van der Waals surface area contributed by atoms with Crippen LogP contribution in [0.5, 0.6) is 0 Å². The van der Waals surface area contributed by atoms with Crippen molar-refractivity contribution in [2.75, 3.05) is 0 Å². The molecule has 11 rings (SSSR count). The highest BCUT2D eigenvalue weighted by molar-refractivity contribution is 6.14. The minimum absolute atomic E-state index is 0.611. The van der Waals surface area contributed by atoms with Crippen LogP contribution in [0, 0.1) is 6.92 Å². The van der Waals surface area contributed by atoms with E-state index in [0.29, 0.717) is 17.5 Å². The number of para-hydroxylation sites is 2. The van der Waals surface area contributed by atoms with Gasteiger partial charge in [-0.3, -0.25) is 4.57 Å². The van der Waals surface area contributed by atoms with E-state index in [1.165, 1.54) is 27.1 Å². The molecule has 0 saturated heterocycles. The first kappa shape index (κ1) is 32.0. The average molecular weight is 716 g/mol. The number of benzene rings is 9. The Balaban J connectivity index is 1.14. The molecule has 0 aliphatic rings. The second kappa shape index (κ2) is 12.8. The predicted molar refractivity (Wildman–Crippen MR) is 231 cm³/mol. The molecule has 2 aromatic heterocycles. The Morgan fingerprint density at radius 3 is 1.43 bits per heavy atom. The molecule has 0 aliphatic heterocycles. The molecule has 0 radical (unpaired) electrons. The molecule has 9 aromatic carbocycles. The second-order valence-corrected chi connectivity index (χ2v) is 14.4. The molecule has 5 nitrogen and oxygen atoms in total. The van der Waals surface area contributed by atoms with Crippen LogP contribution in [0.1, 0.15) is 5.56 Å². The number of fused-ring (bicyclic) bond motifs is 7. The molecular weight excluding hydrogens is 683 g/mol. The molecule has 0 amide bonds. The van der Waals surface area contributed by atoms with Gasteiger partial charge in [0, 0.05) is 27.9 Å². The van der Waals surface area contributed by atoms with E-state index in [9.17, 15) is 0 Å². The van der Waals surface area contributed by atoms with E-state index in [1.54, 1.807) is 0 Å². The molecule has 0 fully saturated rings. The van der Waals surface area contributed by atoms with E-state index in [4.69, 9.17) is 19.9 Å². The summed E-state index contributed by atoms with van der Waals surface area (Å²) in [5.41, 5.74) is 8.12. The van der Waals surface area contributed by atoms with E-state index in [-0.39, 0.29) is 0 Å². The van der Waals surface area contributed by atoms with Gasteiger partial charge < -0.3 is 0 Å². The highest BCUT2D eigenvalue weighted by Gasteiger charge is 2.19. The Hall–Kier alpha value is -7.50. The van der Waals surface area contributed by atoms with Crippen LogP contribution < -0.4 is 0 Å². The monoisotopic (exact) mass is 715 g/mol. The van der Waals surface area contributed by atoms with Crippen molar-refractivity contribution in [3.05, 3.63) is 188 Å². The third-order valence-electron chi connectivity index (χ3n) is 10.9. The zero-order chi connectivity index (χ0) is 37.2. The molecule has 2 heterocycles. The SMILES string of the molecule is Cc1ccc(-c2nc3ccccc3n2-c2ccc(-c3nc(-c4cc5ccccc5c5ccccc45)nc(-c4cc5ccccc5c5ccccc45)n3)cc2)cc1. The highest BCUT2D eigenvalue weighted by atomic mass is 15.1. The zero-order valence-electron chi connectivity index (χ0n) is 30.6. The van der Waals surface area contributed by atoms with Crippen molar-refractivity contribution in [2.45, 2.75) is 6.92 Å². The molecule has 0 aliphatic carbocycles. The first-order valence-electron chi connectivity index (χ1n) is 18.9. The van der Waals surface area contributed by atoms with Crippen molar-refractivity contribution in [3.63, 3.8) is 0 Å². The topological polar surface area (TPSA) is 56.5 Å². The Morgan fingerprint density at radius 2 is 0.839 bits per heavy atom. The third-order valence-corrected chi connectivity index (χ3v) is 10.9. The van der Waals surface area contributed by atoms with Crippen LogP contribution in [0.25, 0.3) is 105 Å². The lowest BCUT2D eigenvalue weighted by Gasteiger charge is -2.14. The first-order valence-corrected chi connectivity index (χ1v) is 18.9. The fraction of sp³-hybridized carbons (Fsp3) is 0.0196. The number of hydrogen-bond acceptors (Lipinski definition) is 4. The maximum Gasteiger partial charge on any atom is 0.164 e. The summed E-state index contributed by atoms with van der Waals surface area (Å²) in [5, 5.41) is 9.23. The van der Waals surface area contributed by atoms with Crippen LogP contribution in [0.3, 0.4) is 0 Å². The zero-order valence-corrected chi connectivity index (χ0v) is 30.6. The highest BCUT2D eigenvalue weighted by Crippen LogP contribution is 2.38. The van der Waals surface area contributed by atoms with Crippen molar-refractivity contribution in [1.82, 2.24) is 24.5 Å². The maximum atomic E-state index is 5.32. The van der Waals surface area contributed by atoms with E-state index in [1.807, 2.05) is 6.07 Å². The van der Waals surface area contributed by atoms with E-state index >= 15 is 0 Å². The number of aromatic nitrogens is 5. The van der Waals surface area contributed by atoms with Crippen molar-refractivity contribution >= 4 is 54.1 Å². The predicted octanol–water partition coefficient (Wildman–Crippen LogP) is 12.8. The second-order valence-electron chi connectivity index (χ2n) is 14.4. The summed E-state index contributed by atoms with van der Waals surface area (Å²) >= 11 is 0. The Bertz CT molecular complexity index is 3170. The van der Waals surface area contributed by atoms with Crippen LogP contribution in [0.15, 0.2) is 182 Å². The minimum Gasteiger partial charge on any atom is -0.292 e. The lowest BCUT2D eigenvalue weighted by Crippen LogP contribution is -2.02. The fourth-order valence-corrected chi connectivity index (χ4v) is 8.17. The normalized spacial score (nSPS) is 11.7. The number of aryl methyl sites for hydroxylation is 1. The van der Waals surface area contributed by atoms with Gasteiger partial charge in [0.2, 0.25) is 0 Å². The van der Waals surface area contributed by atoms with Crippen molar-refractivity contribution in [3.8, 4) is 51.2 Å². The summed E-state index contributed by atoms with van der Waals surface area (Å²) in [6.07, 6.45) is 0. The molecule has 0 atom stereocenters. The summed E-state index contributed by atoms with van der Waals surface area (Å²) < 4.78 is 2.23. The third kappa shape index (κ3) is 5.24. The van der Waals surface area contributed by atoms with E-state index in [2.05, 4.69) is 187 Å². The quantitative estimate of drug-likeness (QED) is 0.166. The number of imidazole rings is 1. The molecular formula is C51H33N5. The molecule has 56 heavy (non-hydrogen) atoms. The van der Waals surface area contributed by atoms with Crippen LogP contribution in [-0.4, -0.2) is 24.5 Å². The molecule has 0 saturated carbocycles. The van der Waals surface area contributed by atoms with E-state index < -0.39 is 0 Å². The molecule has 0 N–H and O–H groups in total. The first-order chi connectivity index (χ1) is 27.7. The van der Waals surface area contributed by atoms with Crippen LogP contribution >= 0.6 is 0 Å². The van der Waals surface area contributed by atoms with Crippen molar-refractivity contribution < 1.29 is 0 Å². The van der Waals surface area contributed by atoms with Gasteiger partial charge in [-0.25, -0.2) is 19.9 Å². The maximum absolute atomic E-state index is 5.32. The van der Waals surface area contributed by atoms with Crippen LogP contribution in [-0.2, 0) is 0 Å². The van der Waals surface area contributed by atoms with Crippen molar-refractivity contribution in [1.29, 1.82) is 0 Å². The van der Waals surface area contributed by atoms with Crippen molar-refractivity contribution in [2.24, 2.45) is 0 Å². The molecule has 0 spiro atoms. The Labute approximate surface area is 323 Å². The average Bonchev–Trinajstić information content (AvgIpc) is 3.66. The van der Waals surface area contributed by atoms with Crippen LogP contribution in [0.4, 0.5) is 0 Å². The Morgan fingerprint density at radius 1 is 0.375 bits per heavy atom. The standard InChI is InChI=1S/C51H33N5/c1-32-22-24-34(25-23-32)51-52-46-20-10-11-21-47(46)56(51)37-28-26-33(27-29-37)48-53-49(44-30-35-12-2-4-14-38(35)40-16-6-8-18-42(40)44)55-50(54-48)45-31-36-13-3-5-15-39(36)41-17-7-9-19-43(41)45/h2-31H,1H3. The Kier molecular flexibility index (Phi) is 7.32. The minimum atomic E-state index is 0.611. The van der Waals surface area contributed by atoms with Gasteiger partial charge >= 0.3 is 0 Å². The molecule has 0 unspecified atom stereocenters. The lowest BCUT2D eigenvalue weighted by molar-refractivity contribution is 1.07. The lowest BCUT2D eigenvalue weighted by atomic mass is 9.96. The fourth-order valence-electron chi connectivity index (χ4n) is 8.17. The number of hydrogen-bond donors (Lipinski definition) is 0. The summed E-state index contributed by atoms with van der Waals surface area (Å²) in [7, 11) is 0. The van der Waals surface area contributed by atoms with Gasteiger partial charge in [-0.2, -0.15) is 0 Å². The van der Waals surface area contributed by atoms with Gasteiger partial charge in [0.05, 0.1) is 11.0 Å². The van der Waals surface area contributed by atoms with Gasteiger partial charge in [0.1, 0.15) is 5.82 Å². The largest absolute Gasteiger partial charge is 0.292 e. The smallest absolute Gasteiger partial charge is 0.164 e. The van der Waals surface area contributed by atoms with Gasteiger partial charge in [0.25, 0.3) is 0 Å². The summed E-state index contributed by atoms with van der Waals surface area (Å²) in [4.78, 5) is 21.0. The molecule has 5 heteroatoms. The van der Waals surface area contributed by atoms with E-state index in [0.717, 1.165) is 66.3 Å². The summed E-state index contributed by atoms with van der Waals surface area (Å²) in [6, 6.07) is 63.9. The molecule has 262 valence electrons. The van der Waals surface area contributed by atoms with Crippen LogP contribution in [0.2, 0.25) is 0 Å². The summed E-state index contributed by atoms with van der Waals surface area (Å²) in [5.74, 6) is 2.78. The molecule has 11 aromatic rings. The number of nitrogens with zero attached hydrogens (tertiary/aromatic N) is 5. The number of rotatable bonds is 5. The van der Waals surface area contributed by atoms with Gasteiger partial charge in [-0.15, -0.1) is 0 Å². The van der Waals surface area contributed by atoms with Gasteiger partial charge in [-0.05, 0) is 98.5 Å².